The predicted octanol–water partition coefficient (Wildman–Crippen LogP) is 3.84. The van der Waals surface area contributed by atoms with Crippen LogP contribution in [-0.4, -0.2) is 28.8 Å². The summed E-state index contributed by atoms with van der Waals surface area (Å²) in [5, 5.41) is 7.50. The van der Waals surface area contributed by atoms with Crippen molar-refractivity contribution in [3.63, 3.8) is 0 Å². The van der Waals surface area contributed by atoms with Gasteiger partial charge in [-0.25, -0.2) is 4.39 Å². The highest BCUT2D eigenvalue weighted by molar-refractivity contribution is 5.93. The zero-order valence-electron chi connectivity index (χ0n) is 17.6. The van der Waals surface area contributed by atoms with Crippen LogP contribution in [0.25, 0.3) is 5.69 Å². The largest absolute Gasteiger partial charge is 0.354 e. The Bertz CT molecular complexity index is 1170. The second kappa shape index (κ2) is 8.71. The summed E-state index contributed by atoms with van der Waals surface area (Å²) < 4.78 is 14.8. The molecule has 1 N–H and O–H groups in total. The lowest BCUT2D eigenvalue weighted by atomic mass is 9.96. The first kappa shape index (κ1) is 20.8. The lowest BCUT2D eigenvalue weighted by Gasteiger charge is -2.33. The number of anilines is 2. The molecule has 1 saturated heterocycles. The third-order valence-electron chi connectivity index (χ3n) is 5.61. The minimum absolute atomic E-state index is 0.0168. The fourth-order valence-corrected chi connectivity index (χ4v) is 3.87. The van der Waals surface area contributed by atoms with E-state index in [1.54, 1.807) is 18.2 Å². The quantitative estimate of drug-likeness (QED) is 0.696. The topological polar surface area (TPSA) is 67.2 Å². The van der Waals surface area contributed by atoms with Gasteiger partial charge in [0.15, 0.2) is 0 Å². The monoisotopic (exact) mass is 420 g/mol. The zero-order chi connectivity index (χ0) is 22.0. The van der Waals surface area contributed by atoms with Crippen LogP contribution in [0.4, 0.5) is 15.9 Å². The molecule has 1 aliphatic rings. The third-order valence-corrected chi connectivity index (χ3v) is 5.61. The van der Waals surface area contributed by atoms with Gasteiger partial charge < -0.3 is 10.2 Å². The minimum atomic E-state index is -0.433. The summed E-state index contributed by atoms with van der Waals surface area (Å²) in [7, 11) is 0. The van der Waals surface area contributed by atoms with Gasteiger partial charge in [0.1, 0.15) is 11.6 Å². The number of amides is 1. The Morgan fingerprint density at radius 2 is 1.97 bits per heavy atom. The zero-order valence-corrected chi connectivity index (χ0v) is 17.6. The smallest absolute Gasteiger partial charge is 0.271 e. The third kappa shape index (κ3) is 4.66. The van der Waals surface area contributed by atoms with E-state index in [1.807, 2.05) is 36.9 Å². The highest BCUT2D eigenvalue weighted by atomic mass is 19.1. The van der Waals surface area contributed by atoms with E-state index in [2.05, 4.69) is 10.4 Å². The number of aryl methyl sites for hydroxylation is 2. The molecule has 0 bridgehead atoms. The Balaban J connectivity index is 1.53. The van der Waals surface area contributed by atoms with E-state index in [0.717, 1.165) is 36.2 Å². The number of carbonyl (C=O) groups excluding carboxylic acids is 1. The van der Waals surface area contributed by atoms with Gasteiger partial charge in [0.25, 0.3) is 5.56 Å². The molecule has 0 unspecified atom stereocenters. The molecule has 0 saturated carbocycles. The van der Waals surface area contributed by atoms with Gasteiger partial charge >= 0.3 is 0 Å². The number of rotatable bonds is 4. The summed E-state index contributed by atoms with van der Waals surface area (Å²) in [4.78, 5) is 27.2. The molecule has 1 amide bonds. The molecular weight excluding hydrogens is 395 g/mol. The lowest BCUT2D eigenvalue weighted by Crippen LogP contribution is -2.41. The Hall–Kier alpha value is -3.48. The van der Waals surface area contributed by atoms with Crippen molar-refractivity contribution >= 4 is 17.4 Å². The fraction of sp³-hybridized carbons (Fsp3) is 0.292. The van der Waals surface area contributed by atoms with E-state index >= 15 is 0 Å². The van der Waals surface area contributed by atoms with E-state index < -0.39 is 5.82 Å². The Morgan fingerprint density at radius 3 is 2.77 bits per heavy atom. The van der Waals surface area contributed by atoms with Crippen molar-refractivity contribution in [2.24, 2.45) is 5.92 Å². The number of nitrogens with one attached hydrogen (secondary N) is 1. The average Bonchev–Trinajstić information content (AvgIpc) is 2.76. The first-order valence-electron chi connectivity index (χ1n) is 10.4. The molecule has 31 heavy (non-hydrogen) atoms. The van der Waals surface area contributed by atoms with Gasteiger partial charge in [0.05, 0.1) is 11.6 Å². The standard InChI is InChI=1S/C24H25FN4O2/c1-16-8-9-17(2)21(13-16)26-24(31)18-5-4-12-28(15-18)22-10-11-23(30)29(27-22)20-7-3-6-19(25)14-20/h3,6-11,13-14,18H,4-5,12,15H2,1-2H3,(H,26,31)/t18-/m1/s1. The number of benzene rings is 2. The van der Waals surface area contributed by atoms with Crippen LogP contribution in [0.1, 0.15) is 24.0 Å². The summed E-state index contributed by atoms with van der Waals surface area (Å²) in [6, 6.07) is 14.8. The molecule has 3 aromatic rings. The number of carbonyl (C=O) groups is 1. The SMILES string of the molecule is Cc1ccc(C)c(NC(=O)[C@@H]2CCCN(c3ccc(=O)n(-c4cccc(F)c4)n3)C2)c1. The first-order valence-corrected chi connectivity index (χ1v) is 10.4. The van der Waals surface area contributed by atoms with Crippen molar-refractivity contribution in [3.05, 3.63) is 81.9 Å². The van der Waals surface area contributed by atoms with Crippen molar-refractivity contribution < 1.29 is 9.18 Å². The van der Waals surface area contributed by atoms with Gasteiger partial charge in [-0.3, -0.25) is 9.59 Å². The Labute approximate surface area is 180 Å². The maximum Gasteiger partial charge on any atom is 0.271 e. The van der Waals surface area contributed by atoms with Crippen LogP contribution in [0.15, 0.2) is 59.4 Å². The summed E-state index contributed by atoms with van der Waals surface area (Å²) in [6.45, 7) is 5.21. The summed E-state index contributed by atoms with van der Waals surface area (Å²) in [5.74, 6) is -0.0484. The van der Waals surface area contributed by atoms with Gasteiger partial charge in [-0.05, 0) is 68.1 Å². The average molecular weight is 420 g/mol. The molecule has 7 heteroatoms. The van der Waals surface area contributed by atoms with Crippen LogP contribution < -0.4 is 15.8 Å². The van der Waals surface area contributed by atoms with Gasteiger partial charge in [0, 0.05) is 24.8 Å². The molecule has 1 aliphatic heterocycles. The van der Waals surface area contributed by atoms with Crippen molar-refractivity contribution in [2.75, 3.05) is 23.3 Å². The number of hydrogen-bond donors (Lipinski definition) is 1. The van der Waals surface area contributed by atoms with Crippen molar-refractivity contribution in [3.8, 4) is 5.69 Å². The Kier molecular flexibility index (Phi) is 5.84. The second-order valence-electron chi connectivity index (χ2n) is 8.01. The molecule has 1 fully saturated rings. The van der Waals surface area contributed by atoms with Crippen molar-refractivity contribution in [2.45, 2.75) is 26.7 Å². The molecule has 1 atom stereocenters. The number of aromatic nitrogens is 2. The summed E-state index contributed by atoms with van der Waals surface area (Å²) in [5.41, 5.74) is 2.98. The lowest BCUT2D eigenvalue weighted by molar-refractivity contribution is -0.120. The molecule has 0 spiro atoms. The van der Waals surface area contributed by atoms with Crippen molar-refractivity contribution in [1.29, 1.82) is 0 Å². The van der Waals surface area contributed by atoms with Gasteiger partial charge in [0.2, 0.25) is 5.91 Å². The van der Waals surface area contributed by atoms with E-state index in [4.69, 9.17) is 0 Å². The highest BCUT2D eigenvalue weighted by Crippen LogP contribution is 2.24. The van der Waals surface area contributed by atoms with Crippen LogP contribution in [-0.2, 0) is 4.79 Å². The molecule has 0 radical (unpaired) electrons. The normalized spacial score (nSPS) is 16.2. The van der Waals surface area contributed by atoms with E-state index in [9.17, 15) is 14.0 Å². The molecule has 6 nitrogen and oxygen atoms in total. The predicted molar refractivity (Wildman–Crippen MR) is 119 cm³/mol. The highest BCUT2D eigenvalue weighted by Gasteiger charge is 2.27. The van der Waals surface area contributed by atoms with E-state index in [-0.39, 0.29) is 17.4 Å². The molecule has 160 valence electrons. The van der Waals surface area contributed by atoms with Crippen LogP contribution in [0.5, 0.6) is 0 Å². The number of nitrogens with zero attached hydrogens (tertiary/aromatic N) is 3. The fourth-order valence-electron chi connectivity index (χ4n) is 3.87. The van der Waals surface area contributed by atoms with E-state index in [0.29, 0.717) is 18.1 Å². The van der Waals surface area contributed by atoms with E-state index in [1.165, 1.54) is 22.9 Å². The van der Waals surface area contributed by atoms with Gasteiger partial charge in [-0.15, -0.1) is 5.10 Å². The molecular formula is C24H25FN4O2. The number of hydrogen-bond acceptors (Lipinski definition) is 4. The Morgan fingerprint density at radius 1 is 1.13 bits per heavy atom. The summed E-state index contributed by atoms with van der Waals surface area (Å²) >= 11 is 0. The van der Waals surface area contributed by atoms with Crippen molar-refractivity contribution in [1.82, 2.24) is 9.78 Å². The summed E-state index contributed by atoms with van der Waals surface area (Å²) in [6.07, 6.45) is 1.63. The number of halogens is 1. The molecule has 4 rings (SSSR count). The molecule has 1 aromatic heterocycles. The van der Waals surface area contributed by atoms with Crippen LogP contribution in [0, 0.1) is 25.6 Å². The second-order valence-corrected chi connectivity index (χ2v) is 8.01. The maximum absolute atomic E-state index is 13.6. The van der Waals surface area contributed by atoms with Crippen LogP contribution >= 0.6 is 0 Å². The molecule has 2 aromatic carbocycles. The molecule has 2 heterocycles. The van der Waals surface area contributed by atoms with Gasteiger partial charge in [-0.2, -0.15) is 4.68 Å². The maximum atomic E-state index is 13.6. The van der Waals surface area contributed by atoms with Gasteiger partial charge in [-0.1, -0.05) is 18.2 Å². The van der Waals surface area contributed by atoms with Crippen LogP contribution in [0.3, 0.4) is 0 Å². The first-order chi connectivity index (χ1) is 14.9. The number of piperidine rings is 1. The minimum Gasteiger partial charge on any atom is -0.354 e. The van der Waals surface area contributed by atoms with Crippen LogP contribution in [0.2, 0.25) is 0 Å². The molecule has 0 aliphatic carbocycles.